The zero-order valence-corrected chi connectivity index (χ0v) is 9.41. The Bertz CT molecular complexity index is 152. The third-order valence-electron chi connectivity index (χ3n) is 0.961. The number of carbonyl (C=O) groups is 2. The Morgan fingerprint density at radius 1 is 1.15 bits per heavy atom. The van der Waals surface area contributed by atoms with E-state index in [1.54, 1.807) is 6.92 Å². The lowest BCUT2D eigenvalue weighted by molar-refractivity contribution is -0.153. The standard InChI is InChI=1S/C7H11IO5/c1-2-12-6(9)3-11-4-7(10)13-5-8/h2-5H2,1H3. The minimum atomic E-state index is -0.487. The Balaban J connectivity index is 3.33. The molecule has 6 heteroatoms. The number of rotatable bonds is 6. The first-order valence-corrected chi connectivity index (χ1v) is 5.18. The SMILES string of the molecule is CCOC(=O)COCC(=O)OCI. The van der Waals surface area contributed by atoms with Crippen LogP contribution in [-0.2, 0) is 23.8 Å². The van der Waals surface area contributed by atoms with Crippen LogP contribution < -0.4 is 0 Å². The van der Waals surface area contributed by atoms with E-state index in [1.165, 1.54) is 0 Å². The summed E-state index contributed by atoms with van der Waals surface area (Å²) in [6.45, 7) is 1.56. The summed E-state index contributed by atoms with van der Waals surface area (Å²) in [6.07, 6.45) is 0. The van der Waals surface area contributed by atoms with Crippen LogP contribution in [0.4, 0.5) is 0 Å². The Hall–Kier alpha value is -0.370. The second-order valence-electron chi connectivity index (χ2n) is 1.92. The Labute approximate surface area is 89.9 Å². The maximum absolute atomic E-state index is 10.7. The van der Waals surface area contributed by atoms with Crippen LogP contribution in [0, 0.1) is 0 Å². The molecule has 0 aliphatic carbocycles. The number of ether oxygens (including phenoxy) is 3. The van der Waals surface area contributed by atoms with Gasteiger partial charge < -0.3 is 14.2 Å². The largest absolute Gasteiger partial charge is 0.464 e. The van der Waals surface area contributed by atoms with Crippen LogP contribution in [-0.4, -0.2) is 36.4 Å². The molecule has 13 heavy (non-hydrogen) atoms. The fourth-order valence-electron chi connectivity index (χ4n) is 0.523. The highest BCUT2D eigenvalue weighted by atomic mass is 127. The van der Waals surface area contributed by atoms with Crippen LogP contribution >= 0.6 is 22.6 Å². The highest BCUT2D eigenvalue weighted by molar-refractivity contribution is 14.1. The van der Waals surface area contributed by atoms with Gasteiger partial charge in [-0.05, 0) is 29.5 Å². The van der Waals surface area contributed by atoms with E-state index in [0.29, 0.717) is 6.61 Å². The molecule has 0 aliphatic heterocycles. The normalized spacial score (nSPS) is 9.38. The van der Waals surface area contributed by atoms with Crippen LogP contribution in [0.5, 0.6) is 0 Å². The maximum atomic E-state index is 10.7. The summed E-state index contributed by atoms with van der Waals surface area (Å²) in [4.78, 5) is 21.4. The number of alkyl halides is 1. The molecule has 0 spiro atoms. The number of carbonyl (C=O) groups excluding carboxylic acids is 2. The number of esters is 2. The van der Waals surface area contributed by atoms with Crippen molar-refractivity contribution in [1.82, 2.24) is 0 Å². The van der Waals surface area contributed by atoms with E-state index < -0.39 is 11.9 Å². The zero-order chi connectivity index (χ0) is 10.1. The number of hydrogen-bond donors (Lipinski definition) is 0. The molecule has 0 atom stereocenters. The van der Waals surface area contributed by atoms with Crippen molar-refractivity contribution in [1.29, 1.82) is 0 Å². The molecule has 0 aromatic carbocycles. The molecule has 0 aliphatic rings. The predicted molar refractivity (Wildman–Crippen MR) is 52.4 cm³/mol. The Kier molecular flexibility index (Phi) is 8.00. The van der Waals surface area contributed by atoms with E-state index >= 15 is 0 Å². The zero-order valence-electron chi connectivity index (χ0n) is 7.25. The second-order valence-corrected chi connectivity index (χ2v) is 2.55. The van der Waals surface area contributed by atoms with Crippen molar-refractivity contribution in [3.63, 3.8) is 0 Å². The van der Waals surface area contributed by atoms with Gasteiger partial charge in [0.15, 0.2) is 0 Å². The minimum Gasteiger partial charge on any atom is -0.464 e. The number of halogens is 1. The second kappa shape index (κ2) is 8.24. The van der Waals surface area contributed by atoms with Crippen LogP contribution in [0.15, 0.2) is 0 Å². The molecule has 0 bridgehead atoms. The van der Waals surface area contributed by atoms with E-state index in [9.17, 15) is 9.59 Å². The summed E-state index contributed by atoms with van der Waals surface area (Å²) < 4.78 is 14.1. The molecule has 0 saturated heterocycles. The van der Waals surface area contributed by atoms with Gasteiger partial charge in [0.25, 0.3) is 0 Å². The van der Waals surface area contributed by atoms with Crippen LogP contribution in [0.1, 0.15) is 6.92 Å². The van der Waals surface area contributed by atoms with E-state index in [-0.39, 0.29) is 17.8 Å². The molecule has 0 N–H and O–H groups in total. The predicted octanol–water partition coefficient (Wildman–Crippen LogP) is 0.502. The van der Waals surface area contributed by atoms with Crippen LogP contribution in [0.25, 0.3) is 0 Å². The lowest BCUT2D eigenvalue weighted by Gasteiger charge is -2.02. The van der Waals surface area contributed by atoms with Gasteiger partial charge in [0.05, 0.1) is 6.61 Å². The first kappa shape index (κ1) is 12.6. The van der Waals surface area contributed by atoms with E-state index in [1.807, 2.05) is 22.6 Å². The first-order chi connectivity index (χ1) is 6.20. The Morgan fingerprint density at radius 3 is 2.15 bits per heavy atom. The fraction of sp³-hybridized carbons (Fsp3) is 0.714. The summed E-state index contributed by atoms with van der Waals surface area (Å²) in [5.41, 5.74) is 0. The van der Waals surface area contributed by atoms with Gasteiger partial charge in [-0.15, -0.1) is 0 Å². The highest BCUT2D eigenvalue weighted by Crippen LogP contribution is 1.87. The molecule has 5 nitrogen and oxygen atoms in total. The van der Waals surface area contributed by atoms with Gasteiger partial charge in [-0.25, -0.2) is 9.59 Å². The summed E-state index contributed by atoms with van der Waals surface area (Å²) in [5.74, 6) is -0.969. The summed E-state index contributed by atoms with van der Waals surface area (Å²) >= 11 is 1.89. The van der Waals surface area contributed by atoms with Crippen molar-refractivity contribution >= 4 is 34.5 Å². The van der Waals surface area contributed by atoms with Gasteiger partial charge in [-0.2, -0.15) is 0 Å². The lowest BCUT2D eigenvalue weighted by Crippen LogP contribution is -2.18. The van der Waals surface area contributed by atoms with Gasteiger partial charge in [0.2, 0.25) is 0 Å². The van der Waals surface area contributed by atoms with Crippen LogP contribution in [0.2, 0.25) is 0 Å². The van der Waals surface area contributed by atoms with E-state index in [0.717, 1.165) is 0 Å². The van der Waals surface area contributed by atoms with Gasteiger partial charge in [0, 0.05) is 0 Å². The van der Waals surface area contributed by atoms with Gasteiger partial charge in [-0.3, -0.25) is 0 Å². The monoisotopic (exact) mass is 302 g/mol. The van der Waals surface area contributed by atoms with Crippen molar-refractivity contribution in [2.45, 2.75) is 6.92 Å². The molecule has 0 unspecified atom stereocenters. The van der Waals surface area contributed by atoms with Crippen molar-refractivity contribution in [2.75, 3.05) is 24.4 Å². The maximum Gasteiger partial charge on any atom is 0.332 e. The number of hydrogen-bond acceptors (Lipinski definition) is 5. The molecular weight excluding hydrogens is 291 g/mol. The summed E-state index contributed by atoms with van der Waals surface area (Å²) in [5, 5.41) is 0. The molecule has 0 rings (SSSR count). The minimum absolute atomic E-state index is 0.218. The topological polar surface area (TPSA) is 61.8 Å². The fourth-order valence-corrected chi connectivity index (χ4v) is 0.870. The van der Waals surface area contributed by atoms with E-state index in [2.05, 4.69) is 9.47 Å². The van der Waals surface area contributed by atoms with Gasteiger partial charge in [-0.1, -0.05) is 0 Å². The van der Waals surface area contributed by atoms with E-state index in [4.69, 9.17) is 4.74 Å². The smallest absolute Gasteiger partial charge is 0.332 e. The third-order valence-corrected chi connectivity index (χ3v) is 1.27. The average Bonchev–Trinajstić information content (AvgIpc) is 2.05. The quantitative estimate of drug-likeness (QED) is 0.406. The lowest BCUT2D eigenvalue weighted by atomic mass is 10.7. The van der Waals surface area contributed by atoms with Crippen molar-refractivity contribution < 1.29 is 23.8 Å². The molecule has 76 valence electrons. The summed E-state index contributed by atoms with van der Waals surface area (Å²) in [6, 6.07) is 0. The van der Waals surface area contributed by atoms with Crippen molar-refractivity contribution in [3.05, 3.63) is 0 Å². The first-order valence-electron chi connectivity index (χ1n) is 3.65. The van der Waals surface area contributed by atoms with Crippen molar-refractivity contribution in [3.8, 4) is 0 Å². The molecule has 0 saturated carbocycles. The third kappa shape index (κ3) is 7.97. The summed E-state index contributed by atoms with van der Waals surface area (Å²) in [7, 11) is 0. The molecule has 0 heterocycles. The molecule has 0 radical (unpaired) electrons. The average molecular weight is 302 g/mol. The molecular formula is C7H11IO5. The van der Waals surface area contributed by atoms with Crippen LogP contribution in [0.3, 0.4) is 0 Å². The molecule has 0 aromatic rings. The Morgan fingerprint density at radius 2 is 1.69 bits per heavy atom. The van der Waals surface area contributed by atoms with Gasteiger partial charge in [0.1, 0.15) is 17.8 Å². The van der Waals surface area contributed by atoms with Gasteiger partial charge >= 0.3 is 11.9 Å². The molecule has 0 amide bonds. The molecule has 0 aromatic heterocycles. The molecule has 0 fully saturated rings. The highest BCUT2D eigenvalue weighted by Gasteiger charge is 2.05. The van der Waals surface area contributed by atoms with Crippen molar-refractivity contribution in [2.24, 2.45) is 0 Å².